The van der Waals surface area contributed by atoms with Gasteiger partial charge in [-0.3, -0.25) is 4.57 Å². The van der Waals surface area contributed by atoms with Gasteiger partial charge in [0, 0.05) is 0 Å². The number of hydrogen-bond acceptors (Lipinski definition) is 2. The maximum Gasteiger partial charge on any atom is 0.356 e. The molecule has 0 spiro atoms. The molecule has 0 amide bonds. The Kier molecular flexibility index (Phi) is 3.91. The van der Waals surface area contributed by atoms with E-state index >= 15 is 0 Å². The van der Waals surface area contributed by atoms with Crippen LogP contribution >= 0.6 is 7.60 Å². The molecule has 0 aliphatic heterocycles. The fraction of sp³-hybridized carbons (Fsp3) is 0.400. The van der Waals surface area contributed by atoms with Gasteiger partial charge < -0.3 is 14.5 Å². The molecule has 5 heteroatoms. The van der Waals surface area contributed by atoms with E-state index in [0.29, 0.717) is 18.3 Å². The van der Waals surface area contributed by atoms with Crippen molar-refractivity contribution in [3.05, 3.63) is 24.3 Å². The van der Waals surface area contributed by atoms with Crippen LogP contribution in [0.1, 0.15) is 13.8 Å². The standard InChI is InChI=1S/C10H15O4P/c1-8(2)7-14-9-3-5-10(6-4-9)15(11,12)13/h3-6,8H,7H2,1-2H3,(H2,11,12,13). The van der Waals surface area contributed by atoms with Gasteiger partial charge in [-0.05, 0) is 30.2 Å². The average molecular weight is 230 g/mol. The largest absolute Gasteiger partial charge is 0.493 e. The van der Waals surface area contributed by atoms with E-state index in [1.165, 1.54) is 12.1 Å². The summed E-state index contributed by atoms with van der Waals surface area (Å²) in [5, 5.41) is 0.0133. The van der Waals surface area contributed by atoms with Crippen molar-refractivity contribution < 1.29 is 19.1 Å². The Bertz CT molecular complexity index is 352. The molecular weight excluding hydrogens is 215 g/mol. The van der Waals surface area contributed by atoms with Crippen molar-refractivity contribution in [2.24, 2.45) is 5.92 Å². The molecule has 1 rings (SSSR count). The van der Waals surface area contributed by atoms with Crippen LogP contribution < -0.4 is 10.0 Å². The first-order chi connectivity index (χ1) is 6.89. The minimum Gasteiger partial charge on any atom is -0.493 e. The number of rotatable bonds is 4. The molecule has 0 saturated carbocycles. The summed E-state index contributed by atoms with van der Waals surface area (Å²) >= 11 is 0. The van der Waals surface area contributed by atoms with Crippen LogP contribution in [0.4, 0.5) is 0 Å². The zero-order valence-corrected chi connectivity index (χ0v) is 9.65. The summed E-state index contributed by atoms with van der Waals surface area (Å²) in [6, 6.07) is 5.90. The first-order valence-corrected chi connectivity index (χ1v) is 6.30. The second kappa shape index (κ2) is 4.79. The normalized spacial score (nSPS) is 11.8. The van der Waals surface area contributed by atoms with Crippen molar-refractivity contribution in [1.82, 2.24) is 0 Å². The highest BCUT2D eigenvalue weighted by Crippen LogP contribution is 2.33. The molecule has 0 saturated heterocycles. The number of ether oxygens (including phenoxy) is 1. The van der Waals surface area contributed by atoms with Gasteiger partial charge in [0.15, 0.2) is 0 Å². The molecule has 84 valence electrons. The molecular formula is C10H15O4P. The van der Waals surface area contributed by atoms with Gasteiger partial charge in [0.1, 0.15) is 5.75 Å². The molecule has 0 atom stereocenters. The highest BCUT2D eigenvalue weighted by Gasteiger charge is 2.16. The Balaban J connectivity index is 2.69. The summed E-state index contributed by atoms with van der Waals surface area (Å²) < 4.78 is 16.2. The third-order valence-corrected chi connectivity index (χ3v) is 2.73. The van der Waals surface area contributed by atoms with E-state index in [4.69, 9.17) is 14.5 Å². The van der Waals surface area contributed by atoms with E-state index in [1.54, 1.807) is 12.1 Å². The van der Waals surface area contributed by atoms with Crippen LogP contribution in [0.5, 0.6) is 5.75 Å². The maximum atomic E-state index is 10.9. The van der Waals surface area contributed by atoms with Crippen molar-refractivity contribution in [3.63, 3.8) is 0 Å². The van der Waals surface area contributed by atoms with E-state index in [1.807, 2.05) is 13.8 Å². The van der Waals surface area contributed by atoms with E-state index in [9.17, 15) is 4.57 Å². The smallest absolute Gasteiger partial charge is 0.356 e. The van der Waals surface area contributed by atoms with Crippen LogP contribution in [-0.4, -0.2) is 16.4 Å². The van der Waals surface area contributed by atoms with Gasteiger partial charge in [0.05, 0.1) is 11.9 Å². The van der Waals surface area contributed by atoms with Gasteiger partial charge in [-0.25, -0.2) is 0 Å². The van der Waals surface area contributed by atoms with E-state index in [2.05, 4.69) is 0 Å². The number of hydrogen-bond donors (Lipinski definition) is 2. The highest BCUT2D eigenvalue weighted by atomic mass is 31.2. The summed E-state index contributed by atoms with van der Waals surface area (Å²) in [4.78, 5) is 17.7. The monoisotopic (exact) mass is 230 g/mol. The first-order valence-electron chi connectivity index (χ1n) is 4.68. The summed E-state index contributed by atoms with van der Waals surface area (Å²) in [6.07, 6.45) is 0. The lowest BCUT2D eigenvalue weighted by Crippen LogP contribution is -2.06. The van der Waals surface area contributed by atoms with Gasteiger partial charge in [0.25, 0.3) is 0 Å². The van der Waals surface area contributed by atoms with E-state index < -0.39 is 7.60 Å². The number of benzene rings is 1. The van der Waals surface area contributed by atoms with Gasteiger partial charge in [-0.1, -0.05) is 13.8 Å². The van der Waals surface area contributed by atoms with Crippen molar-refractivity contribution >= 4 is 12.9 Å². The lowest BCUT2D eigenvalue weighted by Gasteiger charge is -2.09. The second-order valence-electron chi connectivity index (χ2n) is 3.74. The molecule has 0 fully saturated rings. The molecule has 0 radical (unpaired) electrons. The molecule has 1 aromatic carbocycles. The van der Waals surface area contributed by atoms with Gasteiger partial charge >= 0.3 is 7.60 Å². The predicted molar refractivity (Wildman–Crippen MR) is 58.5 cm³/mol. The zero-order chi connectivity index (χ0) is 11.5. The molecule has 0 aromatic heterocycles. The maximum absolute atomic E-state index is 10.9. The Morgan fingerprint density at radius 2 is 1.80 bits per heavy atom. The molecule has 0 aliphatic rings. The minimum absolute atomic E-state index is 0.0133. The van der Waals surface area contributed by atoms with E-state index in [-0.39, 0.29) is 5.30 Å². The SMILES string of the molecule is CC(C)COc1ccc(P(=O)(O)O)cc1. The van der Waals surface area contributed by atoms with E-state index in [0.717, 1.165) is 0 Å². The second-order valence-corrected chi connectivity index (χ2v) is 5.35. The quantitative estimate of drug-likeness (QED) is 0.769. The zero-order valence-electron chi connectivity index (χ0n) is 8.75. The van der Waals surface area contributed by atoms with Crippen LogP contribution in [-0.2, 0) is 4.57 Å². The van der Waals surface area contributed by atoms with Crippen LogP contribution in [0.3, 0.4) is 0 Å². The Hall–Kier alpha value is -0.830. The predicted octanol–water partition coefficient (Wildman–Crippen LogP) is 1.52. The lowest BCUT2D eigenvalue weighted by molar-refractivity contribution is 0.271. The minimum atomic E-state index is -4.13. The van der Waals surface area contributed by atoms with Gasteiger partial charge in [-0.15, -0.1) is 0 Å². The van der Waals surface area contributed by atoms with Crippen molar-refractivity contribution in [1.29, 1.82) is 0 Å². The highest BCUT2D eigenvalue weighted by molar-refractivity contribution is 7.60. The summed E-state index contributed by atoms with van der Waals surface area (Å²) in [6.45, 7) is 4.66. The van der Waals surface area contributed by atoms with Crippen LogP contribution in [0.15, 0.2) is 24.3 Å². The Morgan fingerprint density at radius 1 is 1.27 bits per heavy atom. The molecule has 0 unspecified atom stereocenters. The van der Waals surface area contributed by atoms with Crippen LogP contribution in [0.2, 0.25) is 0 Å². The summed E-state index contributed by atoms with van der Waals surface area (Å²) in [7, 11) is -4.13. The third kappa shape index (κ3) is 4.04. The molecule has 1 aromatic rings. The van der Waals surface area contributed by atoms with Crippen molar-refractivity contribution in [3.8, 4) is 5.75 Å². The topological polar surface area (TPSA) is 66.8 Å². The Labute approximate surface area is 89.1 Å². The fourth-order valence-corrected chi connectivity index (χ4v) is 1.54. The molecule has 0 heterocycles. The van der Waals surface area contributed by atoms with Gasteiger partial charge in [-0.2, -0.15) is 0 Å². The van der Waals surface area contributed by atoms with Gasteiger partial charge in [0.2, 0.25) is 0 Å². The summed E-state index contributed by atoms with van der Waals surface area (Å²) in [5.74, 6) is 1.05. The molecule has 15 heavy (non-hydrogen) atoms. The molecule has 4 nitrogen and oxygen atoms in total. The summed E-state index contributed by atoms with van der Waals surface area (Å²) in [5.41, 5.74) is 0. The molecule has 0 aliphatic carbocycles. The molecule has 0 bridgehead atoms. The molecule has 2 N–H and O–H groups in total. The van der Waals surface area contributed by atoms with Crippen LogP contribution in [0.25, 0.3) is 0 Å². The Morgan fingerprint density at radius 3 is 2.20 bits per heavy atom. The fourth-order valence-electron chi connectivity index (χ4n) is 0.999. The first kappa shape index (κ1) is 12.2. The average Bonchev–Trinajstić information content (AvgIpc) is 2.14. The van der Waals surface area contributed by atoms with Crippen molar-refractivity contribution in [2.45, 2.75) is 13.8 Å². The third-order valence-electron chi connectivity index (χ3n) is 1.76. The van der Waals surface area contributed by atoms with Crippen molar-refractivity contribution in [2.75, 3.05) is 6.61 Å². The van der Waals surface area contributed by atoms with Crippen LogP contribution in [0, 0.1) is 5.92 Å². The lowest BCUT2D eigenvalue weighted by atomic mass is 10.2.